The second-order valence-corrected chi connectivity index (χ2v) is 7.02. The molecule has 3 rings (SSSR count). The molecule has 1 saturated heterocycles. The van der Waals surface area contributed by atoms with E-state index in [0.29, 0.717) is 4.90 Å². The second-order valence-electron chi connectivity index (χ2n) is 5.88. The first-order valence-corrected chi connectivity index (χ1v) is 9.21. The molecule has 0 unspecified atom stereocenters. The highest BCUT2D eigenvalue weighted by Gasteiger charge is 2.17. The lowest BCUT2D eigenvalue weighted by atomic mass is 10.2. The van der Waals surface area contributed by atoms with Crippen molar-refractivity contribution in [1.82, 2.24) is 4.90 Å². The number of nitro benzene ring substituents is 1. The van der Waals surface area contributed by atoms with Crippen LogP contribution in [0.25, 0.3) is 0 Å². The molecule has 0 spiro atoms. The molecule has 0 aliphatic carbocycles. The summed E-state index contributed by atoms with van der Waals surface area (Å²) in [7, 11) is 0. The molecule has 1 heterocycles. The Labute approximate surface area is 150 Å². The Kier molecular flexibility index (Phi) is 5.88. The van der Waals surface area contributed by atoms with Crippen LogP contribution < -0.4 is 4.90 Å². The van der Waals surface area contributed by atoms with Gasteiger partial charge in [-0.15, -0.1) is 11.8 Å². The standard InChI is InChI=1S/C18H20FN3O2S/c19-17-3-1-2-4-18(17)25-14-13-20-9-11-21(12-10-20)15-5-7-16(8-6-15)22(23)24/h1-8H,9-14H2. The largest absolute Gasteiger partial charge is 0.369 e. The minimum Gasteiger partial charge on any atom is -0.369 e. The third kappa shape index (κ3) is 4.70. The van der Waals surface area contributed by atoms with E-state index >= 15 is 0 Å². The summed E-state index contributed by atoms with van der Waals surface area (Å²) in [5, 5.41) is 10.7. The summed E-state index contributed by atoms with van der Waals surface area (Å²) in [6, 6.07) is 13.6. The van der Waals surface area contributed by atoms with Gasteiger partial charge in [-0.25, -0.2) is 4.39 Å². The van der Waals surface area contributed by atoms with Crippen LogP contribution in [0.5, 0.6) is 0 Å². The van der Waals surface area contributed by atoms with Crippen molar-refractivity contribution in [2.75, 3.05) is 43.4 Å². The van der Waals surface area contributed by atoms with E-state index in [2.05, 4.69) is 9.80 Å². The molecule has 7 heteroatoms. The van der Waals surface area contributed by atoms with Crippen molar-refractivity contribution >= 4 is 23.1 Å². The van der Waals surface area contributed by atoms with Crippen LogP contribution in [0.1, 0.15) is 0 Å². The number of non-ortho nitro benzene ring substituents is 1. The van der Waals surface area contributed by atoms with Gasteiger partial charge in [0, 0.05) is 61.2 Å². The molecule has 0 atom stereocenters. The van der Waals surface area contributed by atoms with Crippen molar-refractivity contribution in [2.24, 2.45) is 0 Å². The van der Waals surface area contributed by atoms with E-state index in [4.69, 9.17) is 0 Å². The minimum atomic E-state index is -0.380. The van der Waals surface area contributed by atoms with Gasteiger partial charge >= 0.3 is 0 Å². The zero-order chi connectivity index (χ0) is 17.6. The van der Waals surface area contributed by atoms with Gasteiger partial charge in [0.05, 0.1) is 4.92 Å². The second kappa shape index (κ2) is 8.31. The van der Waals surface area contributed by atoms with Crippen molar-refractivity contribution in [3.8, 4) is 0 Å². The molecule has 0 amide bonds. The Morgan fingerprint density at radius 1 is 1.04 bits per heavy atom. The number of anilines is 1. The fourth-order valence-electron chi connectivity index (χ4n) is 2.86. The van der Waals surface area contributed by atoms with E-state index < -0.39 is 0 Å². The van der Waals surface area contributed by atoms with Crippen molar-refractivity contribution in [3.63, 3.8) is 0 Å². The highest BCUT2D eigenvalue weighted by molar-refractivity contribution is 7.99. The van der Waals surface area contributed by atoms with Gasteiger partial charge < -0.3 is 4.90 Å². The van der Waals surface area contributed by atoms with E-state index in [1.807, 2.05) is 24.3 Å². The number of piperazine rings is 1. The zero-order valence-corrected chi connectivity index (χ0v) is 14.6. The molecular weight excluding hydrogens is 341 g/mol. The lowest BCUT2D eigenvalue weighted by molar-refractivity contribution is -0.384. The third-order valence-electron chi connectivity index (χ3n) is 4.30. The maximum absolute atomic E-state index is 13.6. The molecule has 0 saturated carbocycles. The van der Waals surface area contributed by atoms with Crippen LogP contribution >= 0.6 is 11.8 Å². The molecule has 0 bridgehead atoms. The molecule has 1 fully saturated rings. The quantitative estimate of drug-likeness (QED) is 0.447. The summed E-state index contributed by atoms with van der Waals surface area (Å²) in [6.45, 7) is 4.58. The van der Waals surface area contributed by atoms with E-state index in [9.17, 15) is 14.5 Å². The van der Waals surface area contributed by atoms with Crippen molar-refractivity contribution in [3.05, 3.63) is 64.5 Å². The molecule has 132 valence electrons. The molecular formula is C18H20FN3O2S. The zero-order valence-electron chi connectivity index (χ0n) is 13.8. The van der Waals surface area contributed by atoms with Crippen LogP contribution in [-0.4, -0.2) is 48.3 Å². The normalized spacial score (nSPS) is 15.3. The topological polar surface area (TPSA) is 49.6 Å². The highest BCUT2D eigenvalue weighted by Crippen LogP contribution is 2.23. The van der Waals surface area contributed by atoms with Gasteiger partial charge in [-0.3, -0.25) is 15.0 Å². The van der Waals surface area contributed by atoms with Crippen LogP contribution in [0.3, 0.4) is 0 Å². The van der Waals surface area contributed by atoms with Gasteiger partial charge in [-0.05, 0) is 24.3 Å². The number of hydrogen-bond donors (Lipinski definition) is 0. The van der Waals surface area contributed by atoms with Gasteiger partial charge in [0.1, 0.15) is 5.82 Å². The van der Waals surface area contributed by atoms with Crippen molar-refractivity contribution in [1.29, 1.82) is 0 Å². The Morgan fingerprint density at radius 3 is 2.36 bits per heavy atom. The Balaban J connectivity index is 1.44. The van der Waals surface area contributed by atoms with Crippen LogP contribution in [0, 0.1) is 15.9 Å². The first-order chi connectivity index (χ1) is 12.1. The summed E-state index contributed by atoms with van der Waals surface area (Å²) in [6.07, 6.45) is 0. The molecule has 1 aliphatic heterocycles. The maximum atomic E-state index is 13.6. The molecule has 2 aromatic carbocycles. The predicted octanol–water partition coefficient (Wildman–Crippen LogP) is 3.65. The Morgan fingerprint density at radius 2 is 1.72 bits per heavy atom. The first-order valence-electron chi connectivity index (χ1n) is 8.22. The highest BCUT2D eigenvalue weighted by atomic mass is 32.2. The minimum absolute atomic E-state index is 0.118. The number of halogens is 1. The number of benzene rings is 2. The van der Waals surface area contributed by atoms with E-state index in [1.165, 1.54) is 6.07 Å². The molecule has 1 aliphatic rings. The summed E-state index contributed by atoms with van der Waals surface area (Å²) < 4.78 is 13.6. The number of thioether (sulfide) groups is 1. The average molecular weight is 361 g/mol. The molecule has 0 N–H and O–H groups in total. The van der Waals surface area contributed by atoms with Crippen LogP contribution in [0.4, 0.5) is 15.8 Å². The van der Waals surface area contributed by atoms with Crippen LogP contribution in [-0.2, 0) is 0 Å². The van der Waals surface area contributed by atoms with Crippen LogP contribution in [0.15, 0.2) is 53.4 Å². The van der Waals surface area contributed by atoms with Crippen LogP contribution in [0.2, 0.25) is 0 Å². The first kappa shape index (κ1) is 17.7. The van der Waals surface area contributed by atoms with Gasteiger partial charge in [-0.1, -0.05) is 12.1 Å². The SMILES string of the molecule is O=[N+]([O-])c1ccc(N2CCN(CCSc3ccccc3F)CC2)cc1. The molecule has 2 aromatic rings. The summed E-state index contributed by atoms with van der Waals surface area (Å²) >= 11 is 1.55. The summed E-state index contributed by atoms with van der Waals surface area (Å²) in [5.41, 5.74) is 1.14. The fraction of sp³-hybridized carbons (Fsp3) is 0.333. The van der Waals surface area contributed by atoms with Gasteiger partial charge in [0.25, 0.3) is 5.69 Å². The van der Waals surface area contributed by atoms with E-state index in [0.717, 1.165) is 44.2 Å². The average Bonchev–Trinajstić information content (AvgIpc) is 2.64. The molecule has 25 heavy (non-hydrogen) atoms. The number of hydrogen-bond acceptors (Lipinski definition) is 5. The molecule has 0 aromatic heterocycles. The number of nitrogens with zero attached hydrogens (tertiary/aromatic N) is 3. The van der Waals surface area contributed by atoms with Gasteiger partial charge in [-0.2, -0.15) is 0 Å². The third-order valence-corrected chi connectivity index (χ3v) is 5.33. The van der Waals surface area contributed by atoms with Crippen molar-refractivity contribution < 1.29 is 9.31 Å². The van der Waals surface area contributed by atoms with E-state index in [1.54, 1.807) is 30.0 Å². The number of rotatable bonds is 6. The maximum Gasteiger partial charge on any atom is 0.269 e. The summed E-state index contributed by atoms with van der Waals surface area (Å²) in [5.74, 6) is 0.703. The Hall–Kier alpha value is -2.12. The van der Waals surface area contributed by atoms with Gasteiger partial charge in [0.15, 0.2) is 0 Å². The number of nitro groups is 1. The molecule has 0 radical (unpaired) electrons. The summed E-state index contributed by atoms with van der Waals surface area (Å²) in [4.78, 5) is 15.6. The predicted molar refractivity (Wildman–Crippen MR) is 98.9 cm³/mol. The van der Waals surface area contributed by atoms with Crippen molar-refractivity contribution in [2.45, 2.75) is 4.90 Å². The molecule has 5 nitrogen and oxygen atoms in total. The smallest absolute Gasteiger partial charge is 0.269 e. The lowest BCUT2D eigenvalue weighted by Gasteiger charge is -2.36. The fourth-order valence-corrected chi connectivity index (χ4v) is 3.81. The van der Waals surface area contributed by atoms with E-state index in [-0.39, 0.29) is 16.4 Å². The Bertz CT molecular complexity index is 719. The lowest BCUT2D eigenvalue weighted by Crippen LogP contribution is -2.47. The van der Waals surface area contributed by atoms with Gasteiger partial charge in [0.2, 0.25) is 0 Å². The monoisotopic (exact) mass is 361 g/mol.